The Kier molecular flexibility index (Phi) is 6.61. The van der Waals surface area contributed by atoms with Gasteiger partial charge in [0.15, 0.2) is 0 Å². The van der Waals surface area contributed by atoms with Gasteiger partial charge in [-0.1, -0.05) is 26.0 Å². The van der Waals surface area contributed by atoms with E-state index in [2.05, 4.69) is 10.6 Å². The number of amides is 1. The zero-order chi connectivity index (χ0) is 15.0. The van der Waals surface area contributed by atoms with E-state index in [4.69, 9.17) is 4.74 Å². The first-order chi connectivity index (χ1) is 9.45. The lowest BCUT2D eigenvalue weighted by atomic mass is 9.84. The van der Waals surface area contributed by atoms with Crippen LogP contribution in [0, 0.1) is 5.82 Å². The number of hydrogen-bond donors (Lipinski definition) is 2. The van der Waals surface area contributed by atoms with E-state index >= 15 is 0 Å². The Balaban J connectivity index is 2.41. The summed E-state index contributed by atoms with van der Waals surface area (Å²) in [7, 11) is 1.61. The summed E-state index contributed by atoms with van der Waals surface area (Å²) in [5.41, 5.74) is 0.551. The molecule has 20 heavy (non-hydrogen) atoms. The van der Waals surface area contributed by atoms with Gasteiger partial charge in [0, 0.05) is 25.6 Å². The quantitative estimate of drug-likeness (QED) is 0.710. The number of benzene rings is 1. The number of rotatable bonds is 8. The standard InChI is InChI=1S/C15H23FN2O2/c1-15(2,12-5-4-6-13(16)9-12)11-18-14(19)10-17-7-8-20-3/h4-6,9,17H,7-8,10-11H2,1-3H3,(H,18,19). The predicted molar refractivity (Wildman–Crippen MR) is 77.2 cm³/mol. The molecule has 112 valence electrons. The molecule has 0 unspecified atom stereocenters. The zero-order valence-corrected chi connectivity index (χ0v) is 12.3. The maximum absolute atomic E-state index is 13.2. The summed E-state index contributed by atoms with van der Waals surface area (Å²) >= 11 is 0. The van der Waals surface area contributed by atoms with E-state index < -0.39 is 0 Å². The zero-order valence-electron chi connectivity index (χ0n) is 12.3. The molecule has 1 aromatic carbocycles. The van der Waals surface area contributed by atoms with E-state index in [-0.39, 0.29) is 23.7 Å². The van der Waals surface area contributed by atoms with E-state index in [1.165, 1.54) is 12.1 Å². The number of carbonyl (C=O) groups is 1. The van der Waals surface area contributed by atoms with Gasteiger partial charge < -0.3 is 15.4 Å². The van der Waals surface area contributed by atoms with Crippen LogP contribution in [-0.4, -0.2) is 39.3 Å². The van der Waals surface area contributed by atoms with Crippen LogP contribution in [0.15, 0.2) is 24.3 Å². The minimum atomic E-state index is -0.315. The van der Waals surface area contributed by atoms with Crippen LogP contribution >= 0.6 is 0 Å². The Morgan fingerprint density at radius 1 is 1.40 bits per heavy atom. The fourth-order valence-corrected chi connectivity index (χ4v) is 1.77. The first-order valence-electron chi connectivity index (χ1n) is 6.68. The van der Waals surface area contributed by atoms with Crippen LogP contribution in [0.5, 0.6) is 0 Å². The van der Waals surface area contributed by atoms with Gasteiger partial charge in [-0.3, -0.25) is 4.79 Å². The molecule has 4 nitrogen and oxygen atoms in total. The van der Waals surface area contributed by atoms with Crippen molar-refractivity contribution in [2.45, 2.75) is 19.3 Å². The van der Waals surface area contributed by atoms with Crippen molar-refractivity contribution < 1.29 is 13.9 Å². The maximum Gasteiger partial charge on any atom is 0.233 e. The van der Waals surface area contributed by atoms with Gasteiger partial charge in [0.25, 0.3) is 0 Å². The van der Waals surface area contributed by atoms with Crippen molar-refractivity contribution >= 4 is 5.91 Å². The minimum absolute atomic E-state index is 0.0782. The second-order valence-corrected chi connectivity index (χ2v) is 5.34. The number of methoxy groups -OCH3 is 1. The van der Waals surface area contributed by atoms with Crippen molar-refractivity contribution in [3.05, 3.63) is 35.6 Å². The third-order valence-electron chi connectivity index (χ3n) is 3.10. The van der Waals surface area contributed by atoms with Crippen molar-refractivity contribution in [2.75, 3.05) is 33.4 Å². The van der Waals surface area contributed by atoms with Crippen molar-refractivity contribution in [1.82, 2.24) is 10.6 Å². The Morgan fingerprint density at radius 2 is 2.15 bits per heavy atom. The first kappa shape index (κ1) is 16.6. The van der Waals surface area contributed by atoms with Gasteiger partial charge >= 0.3 is 0 Å². The first-order valence-corrected chi connectivity index (χ1v) is 6.68. The molecule has 0 aliphatic heterocycles. The molecule has 0 heterocycles. The molecule has 0 aliphatic carbocycles. The maximum atomic E-state index is 13.2. The van der Waals surface area contributed by atoms with Gasteiger partial charge in [0.05, 0.1) is 13.2 Å². The van der Waals surface area contributed by atoms with Gasteiger partial charge in [0.1, 0.15) is 5.82 Å². The fourth-order valence-electron chi connectivity index (χ4n) is 1.77. The topological polar surface area (TPSA) is 50.4 Å². The van der Waals surface area contributed by atoms with Crippen molar-refractivity contribution in [3.8, 4) is 0 Å². The molecule has 0 aromatic heterocycles. The lowest BCUT2D eigenvalue weighted by Crippen LogP contribution is -2.41. The third-order valence-corrected chi connectivity index (χ3v) is 3.10. The van der Waals surface area contributed by atoms with Crippen molar-refractivity contribution in [1.29, 1.82) is 0 Å². The van der Waals surface area contributed by atoms with Crippen LogP contribution in [0.4, 0.5) is 4.39 Å². The summed E-state index contributed by atoms with van der Waals surface area (Å²) in [6.07, 6.45) is 0. The highest BCUT2D eigenvalue weighted by Crippen LogP contribution is 2.22. The number of carbonyl (C=O) groups excluding carboxylic acids is 1. The third kappa shape index (κ3) is 5.67. The Hall–Kier alpha value is -1.46. The van der Waals surface area contributed by atoms with Gasteiger partial charge in [-0.25, -0.2) is 4.39 Å². The van der Waals surface area contributed by atoms with Crippen LogP contribution in [0.1, 0.15) is 19.4 Å². The van der Waals surface area contributed by atoms with Crippen LogP contribution < -0.4 is 10.6 Å². The normalized spacial score (nSPS) is 11.4. The summed E-state index contributed by atoms with van der Waals surface area (Å²) in [6, 6.07) is 6.47. The smallest absolute Gasteiger partial charge is 0.233 e. The highest BCUT2D eigenvalue weighted by molar-refractivity contribution is 5.78. The van der Waals surface area contributed by atoms with Crippen LogP contribution in [0.2, 0.25) is 0 Å². The Bertz CT molecular complexity index is 436. The van der Waals surface area contributed by atoms with Crippen LogP contribution in [0.25, 0.3) is 0 Å². The number of ether oxygens (including phenoxy) is 1. The van der Waals surface area contributed by atoms with Crippen molar-refractivity contribution in [2.24, 2.45) is 0 Å². The van der Waals surface area contributed by atoms with Crippen LogP contribution in [-0.2, 0) is 14.9 Å². The average molecular weight is 282 g/mol. The summed E-state index contributed by atoms with van der Waals surface area (Å²) in [4.78, 5) is 11.7. The largest absolute Gasteiger partial charge is 0.383 e. The molecule has 1 rings (SSSR count). The second-order valence-electron chi connectivity index (χ2n) is 5.34. The molecule has 0 saturated carbocycles. The second kappa shape index (κ2) is 7.97. The van der Waals surface area contributed by atoms with Gasteiger partial charge in [-0.2, -0.15) is 0 Å². The molecule has 2 N–H and O–H groups in total. The molecular formula is C15H23FN2O2. The van der Waals surface area contributed by atoms with Gasteiger partial charge in [0.2, 0.25) is 5.91 Å². The lowest BCUT2D eigenvalue weighted by molar-refractivity contribution is -0.120. The highest BCUT2D eigenvalue weighted by Gasteiger charge is 2.21. The molecule has 1 amide bonds. The number of nitrogens with one attached hydrogen (secondary N) is 2. The predicted octanol–water partition coefficient (Wildman–Crippen LogP) is 1.46. The monoisotopic (exact) mass is 282 g/mol. The SMILES string of the molecule is COCCNCC(=O)NCC(C)(C)c1cccc(F)c1. The summed E-state index contributed by atoms with van der Waals surface area (Å²) in [6.45, 7) is 5.86. The number of halogens is 1. The van der Waals surface area contributed by atoms with Gasteiger partial charge in [-0.05, 0) is 17.7 Å². The minimum Gasteiger partial charge on any atom is -0.383 e. The molecule has 0 saturated heterocycles. The van der Waals surface area contributed by atoms with E-state index in [9.17, 15) is 9.18 Å². The van der Waals surface area contributed by atoms with E-state index in [1.807, 2.05) is 19.9 Å². The van der Waals surface area contributed by atoms with E-state index in [1.54, 1.807) is 13.2 Å². The Morgan fingerprint density at radius 3 is 2.80 bits per heavy atom. The van der Waals surface area contributed by atoms with Crippen LogP contribution in [0.3, 0.4) is 0 Å². The molecule has 0 aliphatic rings. The molecular weight excluding hydrogens is 259 g/mol. The molecule has 0 spiro atoms. The molecule has 1 aromatic rings. The van der Waals surface area contributed by atoms with E-state index in [0.29, 0.717) is 19.7 Å². The highest BCUT2D eigenvalue weighted by atomic mass is 19.1. The lowest BCUT2D eigenvalue weighted by Gasteiger charge is -2.25. The van der Waals surface area contributed by atoms with Gasteiger partial charge in [-0.15, -0.1) is 0 Å². The van der Waals surface area contributed by atoms with Crippen molar-refractivity contribution in [3.63, 3.8) is 0 Å². The van der Waals surface area contributed by atoms with E-state index in [0.717, 1.165) is 5.56 Å². The molecule has 5 heteroatoms. The summed E-state index contributed by atoms with van der Waals surface area (Å²) < 4.78 is 18.1. The fraction of sp³-hybridized carbons (Fsp3) is 0.533. The summed E-state index contributed by atoms with van der Waals surface area (Å²) in [5.74, 6) is -0.339. The summed E-state index contributed by atoms with van der Waals surface area (Å²) in [5, 5.41) is 5.83. The number of hydrogen-bond acceptors (Lipinski definition) is 3. The molecule has 0 bridgehead atoms. The molecule has 0 atom stereocenters. The average Bonchev–Trinajstić information content (AvgIpc) is 2.41. The molecule has 0 fully saturated rings. The Labute approximate surface area is 119 Å². The molecule has 0 radical (unpaired) electrons.